The maximum absolute atomic E-state index is 12.2. The molecule has 0 unspecified atom stereocenters. The number of hydrogen-bond donors (Lipinski definition) is 1. The average molecular weight is 336 g/mol. The van der Waals surface area contributed by atoms with Gasteiger partial charge in [0.2, 0.25) is 0 Å². The van der Waals surface area contributed by atoms with E-state index in [4.69, 9.17) is 0 Å². The number of nitrogens with zero attached hydrogens (tertiary/aromatic N) is 2. The second kappa shape index (κ2) is 6.17. The molecule has 0 atom stereocenters. The Morgan fingerprint density at radius 3 is 2.79 bits per heavy atom. The lowest BCUT2D eigenvalue weighted by Gasteiger charge is -2.29. The Balaban J connectivity index is 1.53. The number of aliphatic imine (C=N–C) groups is 1. The number of amidine groups is 1. The minimum atomic E-state index is -0.211. The quantitative estimate of drug-likeness (QED) is 0.811. The molecule has 0 spiro atoms. The number of aromatic hydroxyl groups is 1. The van der Waals surface area contributed by atoms with Crippen LogP contribution in [0.4, 0.5) is 0 Å². The predicted octanol–water partition coefficient (Wildman–Crippen LogP) is 3.42. The number of carbonyl (C=O) groups excluding carboxylic acids is 1. The molecule has 0 saturated carbocycles. The van der Waals surface area contributed by atoms with E-state index in [-0.39, 0.29) is 11.7 Å². The minimum Gasteiger partial charge on any atom is -0.508 e. The molecule has 0 radical (unpaired) electrons. The largest absolute Gasteiger partial charge is 0.508 e. The molecule has 1 amide bonds. The Morgan fingerprint density at radius 2 is 1.96 bits per heavy atom. The molecule has 0 bridgehead atoms. The third-order valence-corrected chi connectivity index (χ3v) is 5.22. The zero-order valence-electron chi connectivity index (χ0n) is 13.0. The predicted molar refractivity (Wildman–Crippen MR) is 96.7 cm³/mol. The number of phenolic OH excluding ortho intramolecular Hbond substituents is 1. The molecule has 2 aliphatic heterocycles. The highest BCUT2D eigenvalue weighted by atomic mass is 32.2. The first-order valence-corrected chi connectivity index (χ1v) is 8.64. The van der Waals surface area contributed by atoms with Crippen LogP contribution in [0, 0.1) is 0 Å². The number of phenols is 1. The standard InChI is InChI=1S/C19H16N2O2S/c22-16-7-3-4-13(10-16)11-17-18(23)20-19(24-17)21-9-8-14-5-1-2-6-15(14)12-21/h1-7,10-11,22H,8-9,12H2. The summed E-state index contributed by atoms with van der Waals surface area (Å²) in [6.45, 7) is 1.66. The maximum atomic E-state index is 12.2. The lowest BCUT2D eigenvalue weighted by Crippen LogP contribution is -2.33. The molecule has 4 nitrogen and oxygen atoms in total. The number of fused-ring (bicyclic) bond motifs is 1. The van der Waals surface area contributed by atoms with Crippen molar-refractivity contribution in [1.29, 1.82) is 0 Å². The molecule has 0 aliphatic carbocycles. The third-order valence-electron chi connectivity index (χ3n) is 4.18. The monoisotopic (exact) mass is 336 g/mol. The van der Waals surface area contributed by atoms with Crippen molar-refractivity contribution >= 4 is 28.9 Å². The normalized spacial score (nSPS) is 18.7. The van der Waals surface area contributed by atoms with Gasteiger partial charge in [0.15, 0.2) is 5.17 Å². The zero-order chi connectivity index (χ0) is 16.5. The van der Waals surface area contributed by atoms with E-state index in [2.05, 4.69) is 28.1 Å². The molecular weight excluding hydrogens is 320 g/mol. The van der Waals surface area contributed by atoms with Crippen LogP contribution in [0.3, 0.4) is 0 Å². The number of thioether (sulfide) groups is 1. The van der Waals surface area contributed by atoms with Gasteiger partial charge < -0.3 is 10.0 Å². The molecule has 1 N–H and O–H groups in total. The summed E-state index contributed by atoms with van der Waals surface area (Å²) in [5, 5.41) is 10.3. The van der Waals surface area contributed by atoms with Crippen molar-refractivity contribution in [2.24, 2.45) is 4.99 Å². The van der Waals surface area contributed by atoms with Crippen LogP contribution in [-0.2, 0) is 17.8 Å². The van der Waals surface area contributed by atoms with Gasteiger partial charge >= 0.3 is 0 Å². The fourth-order valence-electron chi connectivity index (χ4n) is 2.96. The summed E-state index contributed by atoms with van der Waals surface area (Å²) < 4.78 is 0. The van der Waals surface area contributed by atoms with E-state index in [1.54, 1.807) is 24.3 Å². The van der Waals surface area contributed by atoms with Crippen molar-refractivity contribution in [3.63, 3.8) is 0 Å². The number of hydrogen-bond acceptors (Lipinski definition) is 4. The van der Waals surface area contributed by atoms with Crippen LogP contribution in [-0.4, -0.2) is 27.6 Å². The molecule has 0 aromatic heterocycles. The van der Waals surface area contributed by atoms with Gasteiger partial charge in [-0.25, -0.2) is 0 Å². The van der Waals surface area contributed by atoms with E-state index in [1.807, 2.05) is 12.1 Å². The van der Waals surface area contributed by atoms with Crippen LogP contribution < -0.4 is 0 Å². The van der Waals surface area contributed by atoms with Crippen molar-refractivity contribution in [2.75, 3.05) is 6.54 Å². The summed E-state index contributed by atoms with van der Waals surface area (Å²) in [4.78, 5) is 19.2. The topological polar surface area (TPSA) is 52.9 Å². The van der Waals surface area contributed by atoms with Crippen LogP contribution in [0.25, 0.3) is 6.08 Å². The van der Waals surface area contributed by atoms with Gasteiger partial charge in [0.1, 0.15) is 5.75 Å². The number of amides is 1. The fraction of sp³-hybridized carbons (Fsp3) is 0.158. The SMILES string of the molecule is O=C1N=C(N2CCc3ccccc3C2)SC1=Cc1cccc(O)c1. The Bertz CT molecular complexity index is 873. The first kappa shape index (κ1) is 15.0. The highest BCUT2D eigenvalue weighted by molar-refractivity contribution is 8.18. The van der Waals surface area contributed by atoms with E-state index >= 15 is 0 Å². The lowest BCUT2D eigenvalue weighted by molar-refractivity contribution is -0.113. The van der Waals surface area contributed by atoms with Crippen molar-refractivity contribution < 1.29 is 9.90 Å². The molecule has 0 saturated heterocycles. The van der Waals surface area contributed by atoms with Crippen molar-refractivity contribution in [2.45, 2.75) is 13.0 Å². The molecule has 5 heteroatoms. The Kier molecular flexibility index (Phi) is 3.86. The van der Waals surface area contributed by atoms with Gasteiger partial charge in [-0.05, 0) is 53.1 Å². The summed E-state index contributed by atoms with van der Waals surface area (Å²) in [6.07, 6.45) is 2.75. The van der Waals surface area contributed by atoms with Gasteiger partial charge in [-0.1, -0.05) is 36.4 Å². The third kappa shape index (κ3) is 2.95. The Labute approximate surface area is 144 Å². The Morgan fingerprint density at radius 1 is 1.12 bits per heavy atom. The molecule has 2 aromatic rings. The molecule has 2 aliphatic rings. The highest BCUT2D eigenvalue weighted by Crippen LogP contribution is 2.32. The maximum Gasteiger partial charge on any atom is 0.286 e. The van der Waals surface area contributed by atoms with Crippen molar-refractivity contribution in [3.8, 4) is 5.75 Å². The van der Waals surface area contributed by atoms with Gasteiger partial charge in [0.25, 0.3) is 5.91 Å². The second-order valence-electron chi connectivity index (χ2n) is 5.85. The molecule has 2 aromatic carbocycles. The van der Waals surface area contributed by atoms with Crippen LogP contribution in [0.1, 0.15) is 16.7 Å². The van der Waals surface area contributed by atoms with E-state index < -0.39 is 0 Å². The van der Waals surface area contributed by atoms with Crippen molar-refractivity contribution in [3.05, 3.63) is 70.1 Å². The van der Waals surface area contributed by atoms with E-state index in [1.165, 1.54) is 22.9 Å². The fourth-order valence-corrected chi connectivity index (χ4v) is 3.90. The van der Waals surface area contributed by atoms with E-state index in [9.17, 15) is 9.90 Å². The van der Waals surface area contributed by atoms with Gasteiger partial charge in [-0.2, -0.15) is 4.99 Å². The van der Waals surface area contributed by atoms with Crippen molar-refractivity contribution in [1.82, 2.24) is 4.90 Å². The first-order chi connectivity index (χ1) is 11.7. The van der Waals surface area contributed by atoms with Crippen LogP contribution >= 0.6 is 11.8 Å². The van der Waals surface area contributed by atoms with Crippen LogP contribution in [0.15, 0.2) is 58.4 Å². The average Bonchev–Trinajstić information content (AvgIpc) is 2.95. The molecule has 120 valence electrons. The summed E-state index contributed by atoms with van der Waals surface area (Å²) in [5.74, 6) is -0.0224. The number of benzene rings is 2. The van der Waals surface area contributed by atoms with E-state index in [0.29, 0.717) is 4.91 Å². The second-order valence-corrected chi connectivity index (χ2v) is 6.85. The molecular formula is C19H16N2O2S. The first-order valence-electron chi connectivity index (χ1n) is 7.82. The number of rotatable bonds is 1. The molecule has 2 heterocycles. The summed E-state index contributed by atoms with van der Waals surface area (Å²) >= 11 is 1.41. The van der Waals surface area contributed by atoms with Crippen LogP contribution in [0.2, 0.25) is 0 Å². The van der Waals surface area contributed by atoms with Gasteiger partial charge in [0.05, 0.1) is 4.91 Å². The zero-order valence-corrected chi connectivity index (χ0v) is 13.8. The lowest BCUT2D eigenvalue weighted by atomic mass is 10.0. The van der Waals surface area contributed by atoms with Gasteiger partial charge in [-0.3, -0.25) is 4.79 Å². The summed E-state index contributed by atoms with van der Waals surface area (Å²) in [7, 11) is 0. The molecule has 4 rings (SSSR count). The minimum absolute atomic E-state index is 0.188. The van der Waals surface area contributed by atoms with Crippen LogP contribution in [0.5, 0.6) is 5.75 Å². The van der Waals surface area contributed by atoms with Gasteiger partial charge in [-0.15, -0.1) is 0 Å². The number of carbonyl (C=O) groups is 1. The summed E-state index contributed by atoms with van der Waals surface area (Å²) in [6, 6.07) is 15.3. The highest BCUT2D eigenvalue weighted by Gasteiger charge is 2.28. The smallest absolute Gasteiger partial charge is 0.286 e. The Hall–Kier alpha value is -2.53. The molecule has 0 fully saturated rings. The summed E-state index contributed by atoms with van der Waals surface area (Å²) in [5.41, 5.74) is 3.47. The van der Waals surface area contributed by atoms with E-state index in [0.717, 1.165) is 30.2 Å². The molecule has 24 heavy (non-hydrogen) atoms. The van der Waals surface area contributed by atoms with Gasteiger partial charge in [0, 0.05) is 13.1 Å².